The maximum Gasteiger partial charge on any atom is 0.349 e. The van der Waals surface area contributed by atoms with Crippen molar-refractivity contribution in [1.29, 1.82) is 0 Å². The van der Waals surface area contributed by atoms with E-state index in [9.17, 15) is 18.0 Å². The summed E-state index contributed by atoms with van der Waals surface area (Å²) < 4.78 is 26.5. The molecule has 0 fully saturated rings. The van der Waals surface area contributed by atoms with E-state index >= 15 is 0 Å². The molecule has 26 heavy (non-hydrogen) atoms. The summed E-state index contributed by atoms with van der Waals surface area (Å²) in [5.74, 6) is -0.628. The highest BCUT2D eigenvalue weighted by atomic mass is 32.2. The number of carbonyl (C=O) groups is 1. The van der Waals surface area contributed by atoms with Gasteiger partial charge in [-0.25, -0.2) is 17.8 Å². The zero-order chi connectivity index (χ0) is 18.7. The number of hydrogen-bond acceptors (Lipinski definition) is 4. The average Bonchev–Trinajstić information content (AvgIpc) is 3.03. The fourth-order valence-electron chi connectivity index (χ4n) is 2.35. The quantitative estimate of drug-likeness (QED) is 0.663. The van der Waals surface area contributed by atoms with Crippen LogP contribution in [0, 0.1) is 6.92 Å². The Bertz CT molecular complexity index is 1120. The molecule has 0 aliphatic heterocycles. The topological polar surface area (TPSA) is 78.1 Å². The van der Waals surface area contributed by atoms with Gasteiger partial charge in [0.15, 0.2) is 0 Å². The molecule has 0 spiro atoms. The van der Waals surface area contributed by atoms with Crippen LogP contribution in [0.3, 0.4) is 0 Å². The Morgan fingerprint density at radius 3 is 2.27 bits per heavy atom. The van der Waals surface area contributed by atoms with Crippen molar-refractivity contribution in [1.82, 2.24) is 8.54 Å². The standard InChI is InChI=1S/C19H16N2O4S/c1-15-7-10-17(11-8-15)26(24,25)21-14-13-20(19(21)23)18(22)12-9-16-5-3-2-4-6-16/h2-14H,1H3/b12-9+. The fraction of sp³-hybridized carbons (Fsp3) is 0.0526. The van der Waals surface area contributed by atoms with Gasteiger partial charge in [-0.3, -0.25) is 4.79 Å². The second kappa shape index (κ2) is 6.97. The fourth-order valence-corrected chi connectivity index (χ4v) is 3.56. The van der Waals surface area contributed by atoms with Gasteiger partial charge in [0.1, 0.15) is 0 Å². The summed E-state index contributed by atoms with van der Waals surface area (Å²) in [4.78, 5) is 24.6. The Kier molecular flexibility index (Phi) is 4.73. The lowest BCUT2D eigenvalue weighted by Gasteiger charge is -2.04. The highest BCUT2D eigenvalue weighted by molar-refractivity contribution is 7.90. The maximum absolute atomic E-state index is 12.6. The number of imidazole rings is 1. The van der Waals surface area contributed by atoms with Crippen molar-refractivity contribution < 1.29 is 13.2 Å². The molecule has 132 valence electrons. The third-order valence-corrected chi connectivity index (χ3v) is 5.44. The lowest BCUT2D eigenvalue weighted by atomic mass is 10.2. The van der Waals surface area contributed by atoms with E-state index in [1.165, 1.54) is 18.2 Å². The van der Waals surface area contributed by atoms with Crippen molar-refractivity contribution in [3.05, 3.63) is 94.7 Å². The first kappa shape index (κ1) is 17.6. The molecule has 7 heteroatoms. The number of nitrogens with zero attached hydrogens (tertiary/aromatic N) is 2. The van der Waals surface area contributed by atoms with Gasteiger partial charge in [0.2, 0.25) is 0 Å². The van der Waals surface area contributed by atoms with E-state index in [1.807, 2.05) is 25.1 Å². The molecule has 2 aromatic carbocycles. The molecular weight excluding hydrogens is 352 g/mol. The monoisotopic (exact) mass is 368 g/mol. The average molecular weight is 368 g/mol. The first-order valence-electron chi connectivity index (χ1n) is 7.79. The van der Waals surface area contributed by atoms with Crippen molar-refractivity contribution in [2.75, 3.05) is 0 Å². The van der Waals surface area contributed by atoms with E-state index in [1.54, 1.807) is 30.3 Å². The van der Waals surface area contributed by atoms with Crippen molar-refractivity contribution >= 4 is 22.0 Å². The van der Waals surface area contributed by atoms with E-state index in [0.29, 0.717) is 3.97 Å². The Balaban J connectivity index is 1.93. The van der Waals surface area contributed by atoms with Crippen molar-refractivity contribution in [2.24, 2.45) is 0 Å². The van der Waals surface area contributed by atoms with Crippen LogP contribution in [0.25, 0.3) is 6.08 Å². The molecule has 1 heterocycles. The molecular formula is C19H16N2O4S. The molecule has 6 nitrogen and oxygen atoms in total. The minimum Gasteiger partial charge on any atom is -0.269 e. The molecule has 0 atom stereocenters. The van der Waals surface area contributed by atoms with Crippen molar-refractivity contribution in [3.8, 4) is 0 Å². The van der Waals surface area contributed by atoms with Gasteiger partial charge in [-0.2, -0.15) is 3.97 Å². The smallest absolute Gasteiger partial charge is 0.269 e. The zero-order valence-corrected chi connectivity index (χ0v) is 14.8. The molecule has 0 bridgehead atoms. The summed E-state index contributed by atoms with van der Waals surface area (Å²) >= 11 is 0. The second-order valence-electron chi connectivity index (χ2n) is 5.65. The Hall–Kier alpha value is -3.19. The van der Waals surface area contributed by atoms with E-state index in [0.717, 1.165) is 28.1 Å². The molecule has 3 aromatic rings. The lowest BCUT2D eigenvalue weighted by Crippen LogP contribution is -2.31. The number of allylic oxidation sites excluding steroid dienone is 1. The van der Waals surface area contributed by atoms with Crippen LogP contribution < -0.4 is 5.69 Å². The van der Waals surface area contributed by atoms with Crippen LogP contribution in [0.15, 0.2) is 82.8 Å². The number of hydrogen-bond donors (Lipinski definition) is 0. The minimum atomic E-state index is -4.06. The van der Waals surface area contributed by atoms with E-state index < -0.39 is 21.6 Å². The van der Waals surface area contributed by atoms with E-state index in [-0.39, 0.29) is 4.90 Å². The predicted molar refractivity (Wildman–Crippen MR) is 98.6 cm³/mol. The predicted octanol–water partition coefficient (Wildman–Crippen LogP) is 2.55. The van der Waals surface area contributed by atoms with E-state index in [2.05, 4.69) is 0 Å². The molecule has 0 N–H and O–H groups in total. The third-order valence-electron chi connectivity index (χ3n) is 3.78. The molecule has 0 saturated heterocycles. The lowest BCUT2D eigenvalue weighted by molar-refractivity contribution is 0.0966. The summed E-state index contributed by atoms with van der Waals surface area (Å²) in [5.41, 5.74) is 0.754. The Labute approximate surface area is 150 Å². The number of aromatic nitrogens is 2. The third kappa shape index (κ3) is 3.43. The molecule has 0 aliphatic rings. The Morgan fingerprint density at radius 2 is 1.62 bits per heavy atom. The number of benzene rings is 2. The molecule has 0 unspecified atom stereocenters. The van der Waals surface area contributed by atoms with Gasteiger partial charge < -0.3 is 0 Å². The largest absolute Gasteiger partial charge is 0.349 e. The van der Waals surface area contributed by atoms with Crippen LogP contribution in [0.4, 0.5) is 0 Å². The van der Waals surface area contributed by atoms with Crippen molar-refractivity contribution in [2.45, 2.75) is 11.8 Å². The van der Waals surface area contributed by atoms with Gasteiger partial charge in [-0.1, -0.05) is 48.0 Å². The molecule has 3 rings (SSSR count). The molecule has 1 aromatic heterocycles. The van der Waals surface area contributed by atoms with Crippen LogP contribution in [0.2, 0.25) is 0 Å². The second-order valence-corrected chi connectivity index (χ2v) is 7.46. The molecule has 0 aliphatic carbocycles. The van der Waals surface area contributed by atoms with Crippen LogP contribution in [0.1, 0.15) is 15.9 Å². The van der Waals surface area contributed by atoms with Gasteiger partial charge in [0.25, 0.3) is 15.9 Å². The Morgan fingerprint density at radius 1 is 0.962 bits per heavy atom. The van der Waals surface area contributed by atoms with Gasteiger partial charge in [-0.15, -0.1) is 0 Å². The van der Waals surface area contributed by atoms with Gasteiger partial charge in [0, 0.05) is 18.5 Å². The first-order valence-corrected chi connectivity index (χ1v) is 9.23. The molecule has 0 saturated carbocycles. The normalized spacial score (nSPS) is 11.7. The summed E-state index contributed by atoms with van der Waals surface area (Å²) in [7, 11) is -4.06. The van der Waals surface area contributed by atoms with Crippen LogP contribution in [-0.4, -0.2) is 22.9 Å². The first-order chi connectivity index (χ1) is 12.4. The van der Waals surface area contributed by atoms with Crippen LogP contribution in [0.5, 0.6) is 0 Å². The summed E-state index contributed by atoms with van der Waals surface area (Å²) in [6, 6.07) is 15.2. The van der Waals surface area contributed by atoms with Gasteiger partial charge in [-0.05, 0) is 30.7 Å². The van der Waals surface area contributed by atoms with Crippen molar-refractivity contribution in [3.63, 3.8) is 0 Å². The highest BCUT2D eigenvalue weighted by Crippen LogP contribution is 2.13. The van der Waals surface area contributed by atoms with E-state index in [4.69, 9.17) is 0 Å². The minimum absolute atomic E-state index is 0.0183. The zero-order valence-electron chi connectivity index (χ0n) is 13.9. The summed E-state index contributed by atoms with van der Waals surface area (Å²) in [5, 5.41) is 0. The summed E-state index contributed by atoms with van der Waals surface area (Å²) in [6.07, 6.45) is 5.00. The molecule has 0 amide bonds. The maximum atomic E-state index is 12.6. The van der Waals surface area contributed by atoms with Crippen LogP contribution >= 0.6 is 0 Å². The SMILES string of the molecule is Cc1ccc(S(=O)(=O)n2ccn(C(=O)/C=C/c3ccccc3)c2=O)cc1. The van der Waals surface area contributed by atoms with Crippen LogP contribution in [-0.2, 0) is 10.0 Å². The number of rotatable bonds is 4. The highest BCUT2D eigenvalue weighted by Gasteiger charge is 2.21. The number of aryl methyl sites for hydroxylation is 1. The summed E-state index contributed by atoms with van der Waals surface area (Å²) in [6.45, 7) is 1.83. The number of carbonyl (C=O) groups excluding carboxylic acids is 1. The molecule has 0 radical (unpaired) electrons. The van der Waals surface area contributed by atoms with Gasteiger partial charge in [0.05, 0.1) is 4.90 Å². The van der Waals surface area contributed by atoms with Gasteiger partial charge >= 0.3 is 5.69 Å².